The number of hydrazine groups is 1. The van der Waals surface area contributed by atoms with Crippen molar-refractivity contribution in [3.63, 3.8) is 0 Å². The number of carbonyl (C=O) groups excluding carboxylic acids is 2. The number of ether oxygens (including phenoxy) is 3. The van der Waals surface area contributed by atoms with Gasteiger partial charge in [-0.3, -0.25) is 15.0 Å². The van der Waals surface area contributed by atoms with E-state index in [4.69, 9.17) is 26.4 Å². The van der Waals surface area contributed by atoms with Gasteiger partial charge in [0.15, 0.2) is 15.8 Å². The van der Waals surface area contributed by atoms with E-state index in [1.165, 1.54) is 0 Å². The lowest BCUT2D eigenvalue weighted by Gasteiger charge is -2.17. The first-order valence-electron chi connectivity index (χ1n) is 10.5. The van der Waals surface area contributed by atoms with Gasteiger partial charge in [0.2, 0.25) is 0 Å². The summed E-state index contributed by atoms with van der Waals surface area (Å²) in [4.78, 5) is 25.9. The molecule has 1 aliphatic rings. The van der Waals surface area contributed by atoms with Crippen molar-refractivity contribution in [2.24, 2.45) is 0 Å². The summed E-state index contributed by atoms with van der Waals surface area (Å²) >= 11 is 6.44. The van der Waals surface area contributed by atoms with Crippen LogP contribution in [0.4, 0.5) is 0 Å². The highest BCUT2D eigenvalue weighted by molar-refractivity contribution is 8.26. The molecule has 0 saturated carbocycles. The van der Waals surface area contributed by atoms with Gasteiger partial charge >= 0.3 is 0 Å². The molecule has 1 saturated heterocycles. The minimum atomic E-state index is -0.444. The fraction of sp³-hybridized carbons (Fsp3) is 0.292. The molecule has 7 nitrogen and oxygen atoms in total. The summed E-state index contributed by atoms with van der Waals surface area (Å²) < 4.78 is 17.0. The molecule has 1 N–H and O–H groups in total. The molecule has 0 aromatic heterocycles. The summed E-state index contributed by atoms with van der Waals surface area (Å²) in [7, 11) is 1.55. The summed E-state index contributed by atoms with van der Waals surface area (Å²) in [6.07, 6.45) is 2.65. The number of benzene rings is 2. The Kier molecular flexibility index (Phi) is 8.35. The second-order valence-electron chi connectivity index (χ2n) is 7.16. The Morgan fingerprint density at radius 1 is 1.18 bits per heavy atom. The van der Waals surface area contributed by atoms with Crippen LogP contribution >= 0.6 is 24.0 Å². The Balaban J connectivity index is 1.76. The smallest absolute Gasteiger partial charge is 0.285 e. The normalized spacial score (nSPS) is 15.5. The topological polar surface area (TPSA) is 77.1 Å². The monoisotopic (exact) mass is 486 g/mol. The van der Waals surface area contributed by atoms with Gasteiger partial charge < -0.3 is 14.2 Å². The standard InChI is InChI=1S/C24H26N2O5S2/c1-5-15(3)31-19-12-7-16(13-20(19)30-6-2)14-21-23(28)26(24(32)33-21)25-22(27)17-8-10-18(29-4)11-9-17/h7-15H,5-6H2,1-4H3,(H,25,27). The van der Waals surface area contributed by atoms with Crippen molar-refractivity contribution in [3.8, 4) is 17.2 Å². The zero-order valence-electron chi connectivity index (χ0n) is 18.9. The maximum Gasteiger partial charge on any atom is 0.285 e. The van der Waals surface area contributed by atoms with E-state index in [2.05, 4.69) is 12.3 Å². The SMILES string of the molecule is CCOc1cc(C=C2SC(=S)N(NC(=O)c3ccc(OC)cc3)C2=O)ccc1OC(C)CC. The van der Waals surface area contributed by atoms with E-state index < -0.39 is 11.8 Å². The van der Waals surface area contributed by atoms with Gasteiger partial charge in [-0.25, -0.2) is 0 Å². The molecule has 9 heteroatoms. The van der Waals surface area contributed by atoms with Crippen molar-refractivity contribution in [1.29, 1.82) is 0 Å². The van der Waals surface area contributed by atoms with Crippen LogP contribution in [0.15, 0.2) is 47.4 Å². The van der Waals surface area contributed by atoms with E-state index in [1.807, 2.05) is 32.0 Å². The quantitative estimate of drug-likeness (QED) is 0.402. The van der Waals surface area contributed by atoms with Crippen LogP contribution in [0.2, 0.25) is 0 Å². The number of hydrogen-bond donors (Lipinski definition) is 1. The van der Waals surface area contributed by atoms with Crippen molar-refractivity contribution >= 4 is 46.2 Å². The highest BCUT2D eigenvalue weighted by Gasteiger charge is 2.33. The lowest BCUT2D eigenvalue weighted by Crippen LogP contribution is -2.44. The molecule has 0 spiro atoms. The second kappa shape index (κ2) is 11.2. The number of nitrogens with zero attached hydrogens (tertiary/aromatic N) is 1. The molecular weight excluding hydrogens is 460 g/mol. The molecule has 2 aromatic carbocycles. The predicted octanol–water partition coefficient (Wildman–Crippen LogP) is 4.82. The van der Waals surface area contributed by atoms with Crippen molar-refractivity contribution in [3.05, 3.63) is 58.5 Å². The Hall–Kier alpha value is -3.04. The van der Waals surface area contributed by atoms with Gasteiger partial charge in [-0.1, -0.05) is 24.8 Å². The van der Waals surface area contributed by atoms with Crippen molar-refractivity contribution in [2.75, 3.05) is 13.7 Å². The molecule has 33 heavy (non-hydrogen) atoms. The first-order valence-corrected chi connectivity index (χ1v) is 11.7. The molecule has 1 atom stereocenters. The predicted molar refractivity (Wildman–Crippen MR) is 133 cm³/mol. The third kappa shape index (κ3) is 6.06. The first kappa shape index (κ1) is 24.6. The molecule has 0 radical (unpaired) electrons. The van der Waals surface area contributed by atoms with Crippen molar-refractivity contribution < 1.29 is 23.8 Å². The van der Waals surface area contributed by atoms with E-state index in [-0.39, 0.29) is 10.4 Å². The van der Waals surface area contributed by atoms with Gasteiger partial charge in [0.05, 0.1) is 24.7 Å². The third-order valence-electron chi connectivity index (χ3n) is 4.83. The maximum atomic E-state index is 12.9. The van der Waals surface area contributed by atoms with Gasteiger partial charge in [0.25, 0.3) is 11.8 Å². The first-order chi connectivity index (χ1) is 15.9. The van der Waals surface area contributed by atoms with Gasteiger partial charge in [-0.2, -0.15) is 5.01 Å². The third-order valence-corrected chi connectivity index (χ3v) is 6.13. The number of amides is 2. The minimum Gasteiger partial charge on any atom is -0.497 e. The lowest BCUT2D eigenvalue weighted by atomic mass is 10.1. The molecule has 1 unspecified atom stereocenters. The van der Waals surface area contributed by atoms with Crippen LogP contribution in [0.1, 0.15) is 43.1 Å². The number of hydrogen-bond acceptors (Lipinski definition) is 7. The molecule has 1 heterocycles. The van der Waals surface area contributed by atoms with Crippen LogP contribution in [0.5, 0.6) is 17.2 Å². The van der Waals surface area contributed by atoms with E-state index in [0.29, 0.717) is 34.3 Å². The number of thiocarbonyl (C=S) groups is 1. The average Bonchev–Trinajstić information content (AvgIpc) is 3.08. The molecule has 2 aromatic rings. The van der Waals surface area contributed by atoms with Gasteiger partial charge in [-0.15, -0.1) is 0 Å². The number of thioether (sulfide) groups is 1. The highest BCUT2D eigenvalue weighted by atomic mass is 32.2. The van der Waals surface area contributed by atoms with Crippen LogP contribution in [0, 0.1) is 0 Å². The number of methoxy groups -OCH3 is 1. The molecule has 2 amide bonds. The summed E-state index contributed by atoms with van der Waals surface area (Å²) in [5.74, 6) is 1.05. The van der Waals surface area contributed by atoms with Gasteiger partial charge in [0, 0.05) is 5.56 Å². The Morgan fingerprint density at radius 3 is 2.55 bits per heavy atom. The summed E-state index contributed by atoms with van der Waals surface area (Å²) in [5.41, 5.74) is 3.72. The number of carbonyl (C=O) groups is 2. The average molecular weight is 487 g/mol. The largest absolute Gasteiger partial charge is 0.497 e. The Labute approximate surface area is 203 Å². The molecule has 1 fully saturated rings. The zero-order valence-corrected chi connectivity index (χ0v) is 20.5. The summed E-state index contributed by atoms with van der Waals surface area (Å²) in [6.45, 7) is 6.43. The van der Waals surface area contributed by atoms with Crippen LogP contribution in [-0.2, 0) is 4.79 Å². The number of nitrogens with one attached hydrogen (secondary N) is 1. The molecule has 3 rings (SSSR count). The van der Waals surface area contributed by atoms with Gasteiger partial charge in [0.1, 0.15) is 5.75 Å². The van der Waals surface area contributed by atoms with E-state index in [0.717, 1.165) is 28.8 Å². The van der Waals surface area contributed by atoms with Crippen LogP contribution in [0.25, 0.3) is 6.08 Å². The molecule has 0 aliphatic carbocycles. The zero-order chi connectivity index (χ0) is 24.0. The molecule has 0 bridgehead atoms. The van der Waals surface area contributed by atoms with E-state index in [9.17, 15) is 9.59 Å². The maximum absolute atomic E-state index is 12.9. The Bertz CT molecular complexity index is 1070. The highest BCUT2D eigenvalue weighted by Crippen LogP contribution is 2.34. The Morgan fingerprint density at radius 2 is 1.91 bits per heavy atom. The summed E-state index contributed by atoms with van der Waals surface area (Å²) in [5, 5.41) is 1.09. The molecular formula is C24H26N2O5S2. The fourth-order valence-electron chi connectivity index (χ4n) is 2.90. The second-order valence-corrected chi connectivity index (χ2v) is 8.84. The number of rotatable bonds is 9. The van der Waals surface area contributed by atoms with E-state index >= 15 is 0 Å². The lowest BCUT2D eigenvalue weighted by molar-refractivity contribution is -0.123. The van der Waals surface area contributed by atoms with Gasteiger partial charge in [-0.05, 0) is 80.5 Å². The fourth-order valence-corrected chi connectivity index (χ4v) is 4.08. The van der Waals surface area contributed by atoms with Crippen LogP contribution < -0.4 is 19.6 Å². The van der Waals surface area contributed by atoms with Crippen molar-refractivity contribution in [2.45, 2.75) is 33.3 Å². The minimum absolute atomic E-state index is 0.0561. The summed E-state index contributed by atoms with van der Waals surface area (Å²) in [6, 6.07) is 12.1. The molecule has 1 aliphatic heterocycles. The van der Waals surface area contributed by atoms with Crippen molar-refractivity contribution in [1.82, 2.24) is 10.4 Å². The van der Waals surface area contributed by atoms with Crippen LogP contribution in [0.3, 0.4) is 0 Å². The molecule has 174 valence electrons. The van der Waals surface area contributed by atoms with E-state index in [1.54, 1.807) is 37.5 Å². The van der Waals surface area contributed by atoms with Crippen LogP contribution in [-0.4, -0.2) is 41.0 Å².